The first-order chi connectivity index (χ1) is 9.63. The second kappa shape index (κ2) is 5.49. The highest BCUT2D eigenvalue weighted by molar-refractivity contribution is 5.11. The molecule has 1 aliphatic heterocycles. The summed E-state index contributed by atoms with van der Waals surface area (Å²) >= 11 is 0. The van der Waals surface area contributed by atoms with Gasteiger partial charge in [0, 0.05) is 38.3 Å². The quantitative estimate of drug-likeness (QED) is 0.919. The molecule has 0 aromatic carbocycles. The van der Waals surface area contributed by atoms with Crippen LogP contribution in [0.15, 0.2) is 6.07 Å². The van der Waals surface area contributed by atoms with Crippen LogP contribution in [0.4, 0.5) is 0 Å². The fraction of sp³-hybridized carbons (Fsp3) is 0.812. The zero-order valence-electron chi connectivity index (χ0n) is 13.2. The maximum Gasteiger partial charge on any atom is 0.0597 e. The normalized spacial score (nSPS) is 26.4. The number of hydrogen-bond acceptors (Lipinski definition) is 3. The molecule has 1 saturated heterocycles. The third-order valence-corrected chi connectivity index (χ3v) is 5.31. The summed E-state index contributed by atoms with van der Waals surface area (Å²) in [6.07, 6.45) is 6.70. The Labute approximate surface area is 122 Å². The Bertz CT molecular complexity index is 459. The van der Waals surface area contributed by atoms with Crippen molar-refractivity contribution in [3.05, 3.63) is 17.5 Å². The molecule has 1 aliphatic carbocycles. The molecule has 1 saturated carbocycles. The van der Waals surface area contributed by atoms with Gasteiger partial charge in [-0.25, -0.2) is 0 Å². The Hall–Kier alpha value is -0.870. The monoisotopic (exact) mass is 276 g/mol. The largest absolute Gasteiger partial charge is 0.311 e. The Balaban J connectivity index is 1.80. The smallest absolute Gasteiger partial charge is 0.0597 e. The Morgan fingerprint density at radius 3 is 2.75 bits per heavy atom. The number of nitrogens with one attached hydrogen (secondary N) is 1. The lowest BCUT2D eigenvalue weighted by Gasteiger charge is -2.48. The van der Waals surface area contributed by atoms with Crippen LogP contribution in [0.2, 0.25) is 0 Å². The van der Waals surface area contributed by atoms with Gasteiger partial charge in [0.2, 0.25) is 0 Å². The van der Waals surface area contributed by atoms with E-state index in [1.807, 2.05) is 0 Å². The van der Waals surface area contributed by atoms with Crippen molar-refractivity contribution in [2.24, 2.45) is 7.05 Å². The molecule has 20 heavy (non-hydrogen) atoms. The highest BCUT2D eigenvalue weighted by Gasteiger charge is 2.43. The molecule has 2 heterocycles. The van der Waals surface area contributed by atoms with E-state index in [1.54, 1.807) is 0 Å². The van der Waals surface area contributed by atoms with Gasteiger partial charge in [-0.3, -0.25) is 9.58 Å². The van der Waals surface area contributed by atoms with E-state index in [2.05, 4.69) is 47.0 Å². The highest BCUT2D eigenvalue weighted by Crippen LogP contribution is 2.38. The van der Waals surface area contributed by atoms with Crippen LogP contribution in [-0.4, -0.2) is 39.4 Å². The van der Waals surface area contributed by atoms with Gasteiger partial charge in [-0.05, 0) is 32.3 Å². The minimum Gasteiger partial charge on any atom is -0.311 e. The first-order valence-electron chi connectivity index (χ1n) is 8.11. The van der Waals surface area contributed by atoms with E-state index >= 15 is 0 Å². The molecule has 1 aromatic heterocycles. The number of piperazine rings is 1. The van der Waals surface area contributed by atoms with Gasteiger partial charge in [0.1, 0.15) is 0 Å². The maximum atomic E-state index is 4.51. The van der Waals surface area contributed by atoms with Crippen LogP contribution in [0.1, 0.15) is 50.4 Å². The van der Waals surface area contributed by atoms with E-state index in [4.69, 9.17) is 0 Å². The van der Waals surface area contributed by atoms with Crippen LogP contribution < -0.4 is 5.32 Å². The molecule has 3 rings (SSSR count). The van der Waals surface area contributed by atoms with Gasteiger partial charge in [-0.2, -0.15) is 5.10 Å². The minimum atomic E-state index is 0.407. The zero-order chi connectivity index (χ0) is 14.2. The Kier molecular flexibility index (Phi) is 3.87. The number of hydrogen-bond donors (Lipinski definition) is 1. The lowest BCUT2D eigenvalue weighted by Crippen LogP contribution is -2.63. The van der Waals surface area contributed by atoms with E-state index in [1.165, 1.54) is 50.9 Å². The summed E-state index contributed by atoms with van der Waals surface area (Å²) in [4.78, 5) is 2.75. The molecule has 1 unspecified atom stereocenters. The number of rotatable bonds is 3. The van der Waals surface area contributed by atoms with Crippen LogP contribution >= 0.6 is 0 Å². The summed E-state index contributed by atoms with van der Waals surface area (Å²) in [6, 6.07) is 2.89. The molecular formula is C16H28N4. The molecule has 1 spiro atoms. The molecule has 1 aromatic rings. The Morgan fingerprint density at radius 2 is 2.15 bits per heavy atom. The average molecular weight is 276 g/mol. The van der Waals surface area contributed by atoms with Gasteiger partial charge in [-0.15, -0.1) is 0 Å². The first kappa shape index (κ1) is 14.1. The molecule has 4 heteroatoms. The predicted molar refractivity (Wildman–Crippen MR) is 81.6 cm³/mol. The topological polar surface area (TPSA) is 33.1 Å². The van der Waals surface area contributed by atoms with Gasteiger partial charge in [0.15, 0.2) is 0 Å². The molecule has 0 bridgehead atoms. The summed E-state index contributed by atoms with van der Waals surface area (Å²) in [5.74, 6) is 0. The van der Waals surface area contributed by atoms with Crippen molar-refractivity contribution in [2.75, 3.05) is 13.1 Å². The van der Waals surface area contributed by atoms with Crippen molar-refractivity contribution >= 4 is 0 Å². The first-order valence-corrected chi connectivity index (χ1v) is 8.11. The molecule has 0 radical (unpaired) electrons. The third kappa shape index (κ3) is 2.51. The van der Waals surface area contributed by atoms with E-state index in [0.717, 1.165) is 12.2 Å². The van der Waals surface area contributed by atoms with Crippen LogP contribution in [0.3, 0.4) is 0 Å². The fourth-order valence-electron chi connectivity index (χ4n) is 4.01. The zero-order valence-corrected chi connectivity index (χ0v) is 13.2. The van der Waals surface area contributed by atoms with Crippen molar-refractivity contribution in [3.63, 3.8) is 0 Å². The minimum absolute atomic E-state index is 0.407. The average Bonchev–Trinajstić information content (AvgIpc) is 3.01. The van der Waals surface area contributed by atoms with E-state index in [0.29, 0.717) is 11.6 Å². The van der Waals surface area contributed by atoms with Gasteiger partial charge in [0.25, 0.3) is 0 Å². The second-order valence-corrected chi connectivity index (χ2v) is 6.70. The number of nitrogens with zero attached hydrogens (tertiary/aromatic N) is 3. The van der Waals surface area contributed by atoms with Crippen LogP contribution in [0, 0.1) is 6.92 Å². The van der Waals surface area contributed by atoms with Crippen molar-refractivity contribution in [3.8, 4) is 0 Å². The predicted octanol–water partition coefficient (Wildman–Crippen LogP) is 2.23. The van der Waals surface area contributed by atoms with Crippen molar-refractivity contribution in [1.29, 1.82) is 0 Å². The van der Waals surface area contributed by atoms with Gasteiger partial charge >= 0.3 is 0 Å². The summed E-state index contributed by atoms with van der Waals surface area (Å²) < 4.78 is 2.06. The van der Waals surface area contributed by atoms with Crippen molar-refractivity contribution < 1.29 is 0 Å². The van der Waals surface area contributed by atoms with E-state index in [-0.39, 0.29) is 0 Å². The second-order valence-electron chi connectivity index (χ2n) is 6.70. The van der Waals surface area contributed by atoms with Crippen molar-refractivity contribution in [1.82, 2.24) is 20.0 Å². The molecule has 1 atom stereocenters. The molecular weight excluding hydrogens is 248 g/mol. The van der Waals surface area contributed by atoms with Gasteiger partial charge < -0.3 is 5.32 Å². The Morgan fingerprint density at radius 1 is 1.40 bits per heavy atom. The fourth-order valence-corrected chi connectivity index (χ4v) is 4.01. The lowest BCUT2D eigenvalue weighted by molar-refractivity contribution is 0.0330. The summed E-state index contributed by atoms with van der Waals surface area (Å²) in [5.41, 5.74) is 2.89. The molecule has 112 valence electrons. The molecule has 1 N–H and O–H groups in total. The number of aryl methyl sites for hydroxylation is 2. The SMILES string of the molecule is CCC1CN(Cc2cc(C)nn2C)C2(CCCC2)CN1. The standard InChI is InChI=1S/C16H28N4/c1-4-14-10-20(11-15-9-13(2)18-19(15)3)16(12-17-14)7-5-6-8-16/h9,14,17H,4-8,10-12H2,1-3H3. The van der Waals surface area contributed by atoms with Gasteiger partial charge in [-0.1, -0.05) is 19.8 Å². The molecule has 4 nitrogen and oxygen atoms in total. The molecule has 2 fully saturated rings. The maximum absolute atomic E-state index is 4.51. The van der Waals surface area contributed by atoms with Crippen LogP contribution in [0.5, 0.6) is 0 Å². The molecule has 0 amide bonds. The molecule has 2 aliphatic rings. The van der Waals surface area contributed by atoms with Gasteiger partial charge in [0.05, 0.1) is 11.4 Å². The summed E-state index contributed by atoms with van der Waals surface area (Å²) in [5, 5.41) is 8.28. The third-order valence-electron chi connectivity index (χ3n) is 5.31. The van der Waals surface area contributed by atoms with Crippen molar-refractivity contribution in [2.45, 2.75) is 64.1 Å². The summed E-state index contributed by atoms with van der Waals surface area (Å²) in [6.45, 7) is 7.77. The summed E-state index contributed by atoms with van der Waals surface area (Å²) in [7, 11) is 2.07. The van der Waals surface area contributed by atoms with E-state index < -0.39 is 0 Å². The highest BCUT2D eigenvalue weighted by atomic mass is 15.3. The van der Waals surface area contributed by atoms with Crippen LogP contribution in [-0.2, 0) is 13.6 Å². The van der Waals surface area contributed by atoms with Crippen LogP contribution in [0.25, 0.3) is 0 Å². The van der Waals surface area contributed by atoms with E-state index in [9.17, 15) is 0 Å². The lowest BCUT2D eigenvalue weighted by atomic mass is 9.90. The number of aromatic nitrogens is 2.